The highest BCUT2D eigenvalue weighted by atomic mass is 32.1. The van der Waals surface area contributed by atoms with E-state index in [1.54, 1.807) is 0 Å². The normalized spacial score (nSPS) is 10.2. The molecule has 0 bridgehead atoms. The Bertz CT molecular complexity index is 894. The molecule has 1 heterocycles. The molecule has 2 aromatic rings. The first-order valence-corrected chi connectivity index (χ1v) is 8.24. The van der Waals surface area contributed by atoms with Gasteiger partial charge in [-0.15, -0.1) is 11.3 Å². The van der Waals surface area contributed by atoms with E-state index >= 15 is 0 Å². The topological polar surface area (TPSA) is 114 Å². The smallest absolute Gasteiger partial charge is 0.348 e. The van der Waals surface area contributed by atoms with Crippen LogP contribution in [0.4, 0.5) is 9.39 Å². The van der Waals surface area contributed by atoms with Crippen LogP contribution in [0.25, 0.3) is 0 Å². The van der Waals surface area contributed by atoms with Crippen molar-refractivity contribution in [3.05, 3.63) is 45.6 Å². The minimum atomic E-state index is -0.994. The first kappa shape index (κ1) is 20.2. The zero-order valence-corrected chi connectivity index (χ0v) is 15.5. The molecule has 8 nitrogen and oxygen atoms in total. The summed E-state index contributed by atoms with van der Waals surface area (Å²) in [5.41, 5.74) is 5.37. The Morgan fingerprint density at radius 3 is 2.30 bits per heavy atom. The summed E-state index contributed by atoms with van der Waals surface area (Å²) >= 11 is 0.793. The van der Waals surface area contributed by atoms with Crippen LogP contribution in [-0.4, -0.2) is 39.2 Å². The lowest BCUT2D eigenvalue weighted by atomic mass is 10.1. The lowest BCUT2D eigenvalue weighted by molar-refractivity contribution is 0.0447. The van der Waals surface area contributed by atoms with Crippen molar-refractivity contribution in [1.82, 2.24) is 0 Å². The molecule has 0 unspecified atom stereocenters. The van der Waals surface area contributed by atoms with Gasteiger partial charge in [0.25, 0.3) is 0 Å². The zero-order valence-electron chi connectivity index (χ0n) is 14.7. The molecule has 144 valence electrons. The molecule has 0 aliphatic rings. The summed E-state index contributed by atoms with van der Waals surface area (Å²) in [6.07, 6.45) is 0. The van der Waals surface area contributed by atoms with Gasteiger partial charge in [-0.3, -0.25) is 0 Å². The summed E-state index contributed by atoms with van der Waals surface area (Å²) in [5, 5.41) is 0.00364. The Balaban J connectivity index is 2.32. The minimum absolute atomic E-state index is 0.00364. The number of nitrogens with two attached hydrogens (primary N) is 1. The molecule has 0 saturated carbocycles. The predicted octanol–water partition coefficient (Wildman–Crippen LogP) is 2.41. The van der Waals surface area contributed by atoms with Gasteiger partial charge in [0.05, 0.1) is 26.9 Å². The van der Waals surface area contributed by atoms with E-state index in [0.717, 1.165) is 31.6 Å². The summed E-state index contributed by atoms with van der Waals surface area (Å²) in [4.78, 5) is 36.0. The number of ether oxygens (including phenoxy) is 4. The standard InChI is InChI=1S/C17H16FNO7S/c1-23-8-4-5-9(11(18)6-8)15(20)26-7-10-12(16(21)24-2)14(19)27-13(10)17(22)25-3/h4-6H,7,19H2,1-3H3. The third kappa shape index (κ3) is 4.17. The third-order valence-corrected chi connectivity index (χ3v) is 4.58. The van der Waals surface area contributed by atoms with Crippen molar-refractivity contribution < 1.29 is 37.7 Å². The van der Waals surface area contributed by atoms with Crippen LogP contribution in [0.3, 0.4) is 0 Å². The van der Waals surface area contributed by atoms with E-state index in [-0.39, 0.29) is 32.3 Å². The van der Waals surface area contributed by atoms with Gasteiger partial charge in [0, 0.05) is 11.6 Å². The van der Waals surface area contributed by atoms with E-state index in [0.29, 0.717) is 0 Å². The second kappa shape index (κ2) is 8.49. The zero-order chi connectivity index (χ0) is 20.1. The van der Waals surface area contributed by atoms with Crippen LogP contribution in [0.15, 0.2) is 18.2 Å². The fourth-order valence-corrected chi connectivity index (χ4v) is 3.19. The summed E-state index contributed by atoms with van der Waals surface area (Å²) < 4.78 is 33.2. The number of benzene rings is 1. The lowest BCUT2D eigenvalue weighted by Gasteiger charge is -2.09. The van der Waals surface area contributed by atoms with Crippen molar-refractivity contribution in [2.24, 2.45) is 0 Å². The Kier molecular flexibility index (Phi) is 6.35. The van der Waals surface area contributed by atoms with Crippen LogP contribution < -0.4 is 10.5 Å². The van der Waals surface area contributed by atoms with Crippen molar-refractivity contribution >= 4 is 34.2 Å². The summed E-state index contributed by atoms with van der Waals surface area (Å²) in [6, 6.07) is 3.61. The SMILES string of the molecule is COC(=O)c1sc(N)c(C(=O)OC)c1COC(=O)c1ccc(OC)cc1F. The first-order chi connectivity index (χ1) is 12.8. The molecule has 1 aromatic carbocycles. The van der Waals surface area contributed by atoms with Gasteiger partial charge in [0.15, 0.2) is 0 Å². The number of halogens is 1. The number of hydrogen-bond acceptors (Lipinski definition) is 9. The lowest BCUT2D eigenvalue weighted by Crippen LogP contribution is -2.13. The summed E-state index contributed by atoms with van der Waals surface area (Å²) in [5.74, 6) is -3.17. The molecule has 0 fully saturated rings. The molecule has 27 heavy (non-hydrogen) atoms. The molecule has 1 aromatic heterocycles. The average molecular weight is 397 g/mol. The highest BCUT2D eigenvalue weighted by Crippen LogP contribution is 2.33. The van der Waals surface area contributed by atoms with E-state index in [4.69, 9.17) is 15.2 Å². The number of rotatable bonds is 6. The van der Waals surface area contributed by atoms with E-state index in [9.17, 15) is 18.8 Å². The Morgan fingerprint density at radius 2 is 1.74 bits per heavy atom. The molecule has 0 atom stereocenters. The monoisotopic (exact) mass is 397 g/mol. The van der Waals surface area contributed by atoms with Crippen molar-refractivity contribution in [3.8, 4) is 5.75 Å². The molecule has 0 radical (unpaired) electrons. The summed E-state index contributed by atoms with van der Waals surface area (Å²) in [7, 11) is 3.65. The van der Waals surface area contributed by atoms with Crippen LogP contribution in [0, 0.1) is 5.82 Å². The highest BCUT2D eigenvalue weighted by molar-refractivity contribution is 7.18. The maximum atomic E-state index is 14.0. The number of thiophene rings is 1. The molecule has 2 rings (SSSR count). The maximum Gasteiger partial charge on any atom is 0.348 e. The van der Waals surface area contributed by atoms with Gasteiger partial charge >= 0.3 is 17.9 Å². The number of methoxy groups -OCH3 is 3. The van der Waals surface area contributed by atoms with Gasteiger partial charge < -0.3 is 24.7 Å². The highest BCUT2D eigenvalue weighted by Gasteiger charge is 2.28. The van der Waals surface area contributed by atoms with Gasteiger partial charge in [-0.05, 0) is 12.1 Å². The molecular weight excluding hydrogens is 381 g/mol. The Morgan fingerprint density at radius 1 is 1.07 bits per heavy atom. The van der Waals surface area contributed by atoms with Gasteiger partial charge in [-0.2, -0.15) is 0 Å². The van der Waals surface area contributed by atoms with Crippen LogP contribution in [-0.2, 0) is 20.8 Å². The third-order valence-electron chi connectivity index (χ3n) is 3.54. The molecule has 0 aliphatic carbocycles. The molecule has 0 saturated heterocycles. The maximum absolute atomic E-state index is 14.0. The number of esters is 3. The van der Waals surface area contributed by atoms with Gasteiger partial charge in [-0.1, -0.05) is 0 Å². The van der Waals surface area contributed by atoms with Gasteiger partial charge in [-0.25, -0.2) is 18.8 Å². The fourth-order valence-electron chi connectivity index (χ4n) is 2.21. The van der Waals surface area contributed by atoms with E-state index in [1.165, 1.54) is 19.2 Å². The molecular formula is C17H16FNO7S. The largest absolute Gasteiger partial charge is 0.497 e. The molecule has 10 heteroatoms. The van der Waals surface area contributed by atoms with Crippen molar-refractivity contribution in [2.75, 3.05) is 27.1 Å². The molecule has 0 amide bonds. The van der Waals surface area contributed by atoms with Crippen LogP contribution in [0.1, 0.15) is 36.0 Å². The van der Waals surface area contributed by atoms with Gasteiger partial charge in [0.2, 0.25) is 0 Å². The number of hydrogen-bond donors (Lipinski definition) is 1. The second-order valence-corrected chi connectivity index (χ2v) is 6.11. The van der Waals surface area contributed by atoms with Crippen LogP contribution in [0.5, 0.6) is 5.75 Å². The number of carbonyl (C=O) groups excluding carboxylic acids is 3. The van der Waals surface area contributed by atoms with Crippen molar-refractivity contribution in [1.29, 1.82) is 0 Å². The number of anilines is 1. The Hall–Kier alpha value is -3.14. The van der Waals surface area contributed by atoms with E-state index < -0.39 is 30.3 Å². The van der Waals surface area contributed by atoms with Gasteiger partial charge in [0.1, 0.15) is 33.6 Å². The minimum Gasteiger partial charge on any atom is -0.497 e. The first-order valence-electron chi connectivity index (χ1n) is 7.42. The number of nitrogen functional groups attached to an aromatic ring is 1. The quantitative estimate of drug-likeness (QED) is 0.584. The van der Waals surface area contributed by atoms with Crippen molar-refractivity contribution in [2.45, 2.75) is 6.61 Å². The molecule has 0 spiro atoms. The predicted molar refractivity (Wildman–Crippen MR) is 93.5 cm³/mol. The van der Waals surface area contributed by atoms with Crippen LogP contribution >= 0.6 is 11.3 Å². The average Bonchev–Trinajstić information content (AvgIpc) is 3.00. The van der Waals surface area contributed by atoms with Crippen molar-refractivity contribution in [3.63, 3.8) is 0 Å². The summed E-state index contributed by atoms with van der Waals surface area (Å²) in [6.45, 7) is -0.507. The number of carbonyl (C=O) groups is 3. The van der Waals surface area contributed by atoms with Crippen LogP contribution in [0.2, 0.25) is 0 Å². The molecule has 2 N–H and O–H groups in total. The fraction of sp³-hybridized carbons (Fsp3) is 0.235. The van der Waals surface area contributed by atoms with E-state index in [1.807, 2.05) is 0 Å². The Labute approximate surface area is 157 Å². The second-order valence-electron chi connectivity index (χ2n) is 5.05. The molecule has 0 aliphatic heterocycles. The van der Waals surface area contributed by atoms with E-state index in [2.05, 4.69) is 9.47 Å².